The summed E-state index contributed by atoms with van der Waals surface area (Å²) in [5.41, 5.74) is 3.99. The molecule has 26 heavy (non-hydrogen) atoms. The zero-order valence-electron chi connectivity index (χ0n) is 14.9. The lowest BCUT2D eigenvalue weighted by Crippen LogP contribution is -2.36. The molecule has 138 valence electrons. The van der Waals surface area contributed by atoms with E-state index in [1.807, 2.05) is 25.3 Å². The van der Waals surface area contributed by atoms with Gasteiger partial charge in [0, 0.05) is 18.4 Å². The number of imidazole rings is 1. The molecule has 0 atom stereocenters. The van der Waals surface area contributed by atoms with Gasteiger partial charge >= 0.3 is 0 Å². The van der Waals surface area contributed by atoms with Gasteiger partial charge in [0.15, 0.2) is 5.96 Å². The second-order valence-electron chi connectivity index (χ2n) is 5.80. The normalized spacial score (nSPS) is 11.3. The fraction of sp³-hybridized carbons (Fsp3) is 0.263. The SMILES string of the molecule is CCNC(=NCc1ccc(F)cc1)NCc1cn2c(C)cccc2n1.I. The lowest BCUT2D eigenvalue weighted by molar-refractivity contribution is 0.627. The summed E-state index contributed by atoms with van der Waals surface area (Å²) in [6, 6.07) is 12.4. The summed E-state index contributed by atoms with van der Waals surface area (Å²) in [5, 5.41) is 6.50. The number of guanidine groups is 1. The molecule has 0 saturated carbocycles. The Labute approximate surface area is 169 Å². The number of aryl methyl sites for hydroxylation is 1. The Morgan fingerprint density at radius 1 is 1.15 bits per heavy atom. The molecular weight excluding hydrogens is 444 g/mol. The quantitative estimate of drug-likeness (QED) is 0.342. The van der Waals surface area contributed by atoms with Crippen LogP contribution >= 0.6 is 24.0 Å². The standard InChI is InChI=1S/C19H22FN5.HI/c1-3-21-19(22-11-15-7-9-16(20)10-8-15)23-12-17-13-25-14(2)5-4-6-18(25)24-17;/h4-10,13H,3,11-12H2,1-2H3,(H2,21,22,23);1H. The topological polar surface area (TPSA) is 53.7 Å². The Hall–Kier alpha value is -2.16. The Balaban J connectivity index is 0.00000243. The number of benzene rings is 1. The minimum atomic E-state index is -0.236. The van der Waals surface area contributed by atoms with Gasteiger partial charge in [0.05, 0.1) is 18.8 Å². The number of nitrogens with zero attached hydrogens (tertiary/aromatic N) is 3. The number of fused-ring (bicyclic) bond motifs is 1. The molecule has 0 fully saturated rings. The number of nitrogens with one attached hydrogen (secondary N) is 2. The summed E-state index contributed by atoms with van der Waals surface area (Å²) in [6.07, 6.45) is 2.03. The molecule has 0 aliphatic carbocycles. The zero-order valence-corrected chi connectivity index (χ0v) is 17.2. The molecule has 1 aromatic carbocycles. The monoisotopic (exact) mass is 467 g/mol. The van der Waals surface area contributed by atoms with Crippen LogP contribution in [-0.4, -0.2) is 21.9 Å². The van der Waals surface area contributed by atoms with E-state index < -0.39 is 0 Å². The fourth-order valence-corrected chi connectivity index (χ4v) is 2.56. The van der Waals surface area contributed by atoms with Crippen molar-refractivity contribution in [2.75, 3.05) is 6.54 Å². The van der Waals surface area contributed by atoms with E-state index in [0.717, 1.165) is 29.1 Å². The number of aromatic nitrogens is 2. The van der Waals surface area contributed by atoms with Gasteiger partial charge in [0.2, 0.25) is 0 Å². The predicted molar refractivity (Wildman–Crippen MR) is 113 cm³/mol. The molecule has 0 spiro atoms. The molecule has 0 aliphatic heterocycles. The molecule has 3 aromatic rings. The highest BCUT2D eigenvalue weighted by Gasteiger charge is 2.04. The first-order valence-corrected chi connectivity index (χ1v) is 8.36. The number of rotatable bonds is 5. The molecule has 0 unspecified atom stereocenters. The highest BCUT2D eigenvalue weighted by Crippen LogP contribution is 2.08. The maximum atomic E-state index is 13.0. The van der Waals surface area contributed by atoms with Crippen LogP contribution in [-0.2, 0) is 13.1 Å². The minimum Gasteiger partial charge on any atom is -0.357 e. The summed E-state index contributed by atoms with van der Waals surface area (Å²) in [6.45, 7) is 5.90. The number of aliphatic imine (C=N–C) groups is 1. The van der Waals surface area contributed by atoms with Crippen molar-refractivity contribution in [3.05, 3.63) is 71.4 Å². The molecule has 3 rings (SSSR count). The third-order valence-electron chi connectivity index (χ3n) is 3.86. The van der Waals surface area contributed by atoms with Gasteiger partial charge in [-0.05, 0) is 43.7 Å². The van der Waals surface area contributed by atoms with Crippen molar-refractivity contribution < 1.29 is 4.39 Å². The number of hydrogen-bond acceptors (Lipinski definition) is 2. The predicted octanol–water partition coefficient (Wildman–Crippen LogP) is 3.66. The second kappa shape index (κ2) is 9.51. The van der Waals surface area contributed by atoms with E-state index in [1.165, 1.54) is 12.1 Å². The van der Waals surface area contributed by atoms with E-state index >= 15 is 0 Å². The van der Waals surface area contributed by atoms with Gasteiger partial charge in [-0.1, -0.05) is 18.2 Å². The second-order valence-corrected chi connectivity index (χ2v) is 5.80. The fourth-order valence-electron chi connectivity index (χ4n) is 2.56. The first kappa shape index (κ1) is 20.2. The number of pyridine rings is 1. The maximum Gasteiger partial charge on any atom is 0.191 e. The van der Waals surface area contributed by atoms with Crippen LogP contribution in [0.25, 0.3) is 5.65 Å². The average molecular weight is 467 g/mol. The Morgan fingerprint density at radius 2 is 1.92 bits per heavy atom. The smallest absolute Gasteiger partial charge is 0.191 e. The molecule has 0 aliphatic rings. The zero-order chi connectivity index (χ0) is 17.6. The minimum absolute atomic E-state index is 0. The molecule has 0 amide bonds. The lowest BCUT2D eigenvalue weighted by Gasteiger charge is -2.10. The first-order valence-electron chi connectivity index (χ1n) is 8.36. The summed E-state index contributed by atoms with van der Waals surface area (Å²) < 4.78 is 15.0. The van der Waals surface area contributed by atoms with E-state index in [1.54, 1.807) is 12.1 Å². The van der Waals surface area contributed by atoms with Gasteiger partial charge in [-0.25, -0.2) is 14.4 Å². The molecule has 0 radical (unpaired) electrons. The van der Waals surface area contributed by atoms with Gasteiger partial charge in [0.1, 0.15) is 11.5 Å². The summed E-state index contributed by atoms with van der Waals surface area (Å²) in [4.78, 5) is 9.15. The highest BCUT2D eigenvalue weighted by molar-refractivity contribution is 14.0. The summed E-state index contributed by atoms with van der Waals surface area (Å²) in [7, 11) is 0. The molecule has 0 bridgehead atoms. The third-order valence-corrected chi connectivity index (χ3v) is 3.86. The Bertz CT molecular complexity index is 873. The van der Waals surface area contributed by atoms with Crippen LogP contribution < -0.4 is 10.6 Å². The molecule has 7 heteroatoms. The molecular formula is C19H23FIN5. The van der Waals surface area contributed by atoms with Crippen LogP contribution in [0.2, 0.25) is 0 Å². The van der Waals surface area contributed by atoms with E-state index in [0.29, 0.717) is 19.0 Å². The average Bonchev–Trinajstić information content (AvgIpc) is 3.03. The van der Waals surface area contributed by atoms with Gasteiger partial charge in [-0.15, -0.1) is 24.0 Å². The van der Waals surface area contributed by atoms with Crippen LogP contribution in [0.3, 0.4) is 0 Å². The number of hydrogen-bond donors (Lipinski definition) is 2. The molecule has 0 saturated heterocycles. The van der Waals surface area contributed by atoms with Crippen LogP contribution in [0.1, 0.15) is 23.9 Å². The molecule has 2 aromatic heterocycles. The van der Waals surface area contributed by atoms with Gasteiger partial charge in [-0.3, -0.25) is 0 Å². The lowest BCUT2D eigenvalue weighted by atomic mass is 10.2. The molecule has 5 nitrogen and oxygen atoms in total. The van der Waals surface area contributed by atoms with Crippen molar-refractivity contribution in [1.29, 1.82) is 0 Å². The number of halogens is 2. The van der Waals surface area contributed by atoms with Crippen LogP contribution in [0.4, 0.5) is 4.39 Å². The Morgan fingerprint density at radius 3 is 2.62 bits per heavy atom. The van der Waals surface area contributed by atoms with Gasteiger partial charge in [-0.2, -0.15) is 0 Å². The van der Waals surface area contributed by atoms with Crippen LogP contribution in [0, 0.1) is 12.7 Å². The van der Waals surface area contributed by atoms with E-state index in [9.17, 15) is 4.39 Å². The summed E-state index contributed by atoms with van der Waals surface area (Å²) >= 11 is 0. The Kier molecular flexibility index (Phi) is 7.38. The van der Waals surface area contributed by atoms with Gasteiger partial charge < -0.3 is 15.0 Å². The van der Waals surface area contributed by atoms with Crippen molar-refractivity contribution in [2.24, 2.45) is 4.99 Å². The first-order chi connectivity index (χ1) is 12.2. The van der Waals surface area contributed by atoms with Crippen LogP contribution in [0.5, 0.6) is 0 Å². The molecule has 2 heterocycles. The largest absolute Gasteiger partial charge is 0.357 e. The van der Waals surface area contributed by atoms with Crippen molar-refractivity contribution in [3.63, 3.8) is 0 Å². The third kappa shape index (κ3) is 5.17. The van der Waals surface area contributed by atoms with Crippen molar-refractivity contribution in [3.8, 4) is 0 Å². The van der Waals surface area contributed by atoms with Crippen molar-refractivity contribution >= 4 is 35.6 Å². The van der Waals surface area contributed by atoms with Crippen molar-refractivity contribution in [2.45, 2.75) is 26.9 Å². The summed E-state index contributed by atoms with van der Waals surface area (Å²) in [5.74, 6) is 0.473. The van der Waals surface area contributed by atoms with Crippen molar-refractivity contribution in [1.82, 2.24) is 20.0 Å². The molecule has 2 N–H and O–H groups in total. The highest BCUT2D eigenvalue weighted by atomic mass is 127. The maximum absolute atomic E-state index is 13.0. The van der Waals surface area contributed by atoms with Crippen LogP contribution in [0.15, 0.2) is 53.7 Å². The van der Waals surface area contributed by atoms with E-state index in [4.69, 9.17) is 0 Å². The van der Waals surface area contributed by atoms with E-state index in [-0.39, 0.29) is 29.8 Å². The van der Waals surface area contributed by atoms with Gasteiger partial charge in [0.25, 0.3) is 0 Å². The van der Waals surface area contributed by atoms with E-state index in [2.05, 4.69) is 38.0 Å².